The second-order valence-corrected chi connectivity index (χ2v) is 4.36. The van der Waals surface area contributed by atoms with E-state index in [1.54, 1.807) is 16.2 Å². The van der Waals surface area contributed by atoms with Gasteiger partial charge in [0.1, 0.15) is 6.54 Å². The van der Waals surface area contributed by atoms with Gasteiger partial charge >= 0.3 is 5.69 Å². The molecule has 6 heteroatoms. The van der Waals surface area contributed by atoms with Crippen molar-refractivity contribution in [2.24, 2.45) is 7.05 Å². The summed E-state index contributed by atoms with van der Waals surface area (Å²) in [5.41, 5.74) is 1.67. The first-order valence-electron chi connectivity index (χ1n) is 6.16. The molecule has 0 aliphatic heterocycles. The first-order chi connectivity index (χ1) is 9.20. The lowest BCUT2D eigenvalue weighted by Gasteiger charge is -1.98. The molecule has 19 heavy (non-hydrogen) atoms. The molecule has 0 amide bonds. The molecule has 6 nitrogen and oxygen atoms in total. The maximum Gasteiger partial charge on any atom is 0.329 e. The van der Waals surface area contributed by atoms with E-state index in [0.717, 1.165) is 11.0 Å². The number of hydrogen-bond donors (Lipinski definition) is 0. The van der Waals surface area contributed by atoms with Crippen LogP contribution in [0.4, 0.5) is 0 Å². The first kappa shape index (κ1) is 11.7. The number of rotatable bonds is 3. The highest BCUT2D eigenvalue weighted by Crippen LogP contribution is 2.13. The van der Waals surface area contributed by atoms with E-state index in [1.165, 1.54) is 0 Å². The number of aromatic nitrogens is 4. The number of imidazole rings is 1. The number of aryl methyl sites for hydroxylation is 2. The smallest absolute Gasteiger partial charge is 0.329 e. The van der Waals surface area contributed by atoms with E-state index in [0.29, 0.717) is 24.7 Å². The Labute approximate surface area is 109 Å². The fraction of sp³-hybridized carbons (Fsp3) is 0.308. The predicted molar refractivity (Wildman–Crippen MR) is 70.0 cm³/mol. The van der Waals surface area contributed by atoms with Crippen molar-refractivity contribution in [1.82, 2.24) is 19.3 Å². The van der Waals surface area contributed by atoms with E-state index in [1.807, 2.05) is 31.2 Å². The van der Waals surface area contributed by atoms with E-state index in [4.69, 9.17) is 4.42 Å². The molecule has 0 fully saturated rings. The van der Waals surface area contributed by atoms with Gasteiger partial charge in [-0.15, -0.1) is 10.2 Å². The van der Waals surface area contributed by atoms with Crippen molar-refractivity contribution in [3.63, 3.8) is 0 Å². The summed E-state index contributed by atoms with van der Waals surface area (Å²) in [5.74, 6) is 1.04. The van der Waals surface area contributed by atoms with Crippen LogP contribution in [0, 0.1) is 0 Å². The third-order valence-electron chi connectivity index (χ3n) is 3.16. The standard InChI is InChI=1S/C13H14N4O2/c1-3-11-14-15-12(19-11)8-17-10-7-5-4-6-9(10)16(2)13(17)18/h4-7H,3,8H2,1-2H3. The molecule has 0 spiro atoms. The summed E-state index contributed by atoms with van der Waals surface area (Å²) in [6, 6.07) is 7.64. The third-order valence-corrected chi connectivity index (χ3v) is 3.16. The summed E-state index contributed by atoms with van der Waals surface area (Å²) in [7, 11) is 1.76. The topological polar surface area (TPSA) is 65.8 Å². The lowest BCUT2D eigenvalue weighted by Crippen LogP contribution is -2.22. The van der Waals surface area contributed by atoms with Gasteiger partial charge in [-0.3, -0.25) is 9.13 Å². The van der Waals surface area contributed by atoms with Gasteiger partial charge < -0.3 is 4.42 Å². The monoisotopic (exact) mass is 258 g/mol. The molecule has 0 saturated heterocycles. The molecule has 0 N–H and O–H groups in total. The van der Waals surface area contributed by atoms with Crippen molar-refractivity contribution in [3.05, 3.63) is 46.5 Å². The molecule has 0 unspecified atom stereocenters. The van der Waals surface area contributed by atoms with E-state index < -0.39 is 0 Å². The number of benzene rings is 1. The van der Waals surface area contributed by atoms with Crippen molar-refractivity contribution in [3.8, 4) is 0 Å². The third kappa shape index (κ3) is 1.85. The van der Waals surface area contributed by atoms with Crippen LogP contribution in [0.1, 0.15) is 18.7 Å². The Morgan fingerprint density at radius 1 is 1.16 bits per heavy atom. The number of nitrogens with zero attached hydrogens (tertiary/aromatic N) is 4. The summed E-state index contributed by atoms with van der Waals surface area (Å²) in [5, 5.41) is 7.86. The van der Waals surface area contributed by atoms with Crippen LogP contribution in [-0.2, 0) is 20.0 Å². The average molecular weight is 258 g/mol. The lowest BCUT2D eigenvalue weighted by molar-refractivity contribution is 0.441. The molecule has 0 bridgehead atoms. The highest BCUT2D eigenvalue weighted by atomic mass is 16.4. The lowest BCUT2D eigenvalue weighted by atomic mass is 10.3. The second kappa shape index (κ2) is 4.38. The van der Waals surface area contributed by atoms with Crippen molar-refractivity contribution >= 4 is 11.0 Å². The van der Waals surface area contributed by atoms with Gasteiger partial charge in [0.25, 0.3) is 0 Å². The minimum atomic E-state index is -0.0857. The fourth-order valence-electron chi connectivity index (χ4n) is 2.15. The Bertz CT molecular complexity index is 781. The predicted octanol–water partition coefficient (Wildman–Crippen LogP) is 1.33. The van der Waals surface area contributed by atoms with Gasteiger partial charge in [0.15, 0.2) is 0 Å². The molecule has 3 aromatic rings. The van der Waals surface area contributed by atoms with Crippen LogP contribution in [0.15, 0.2) is 33.5 Å². The SMILES string of the molecule is CCc1nnc(Cn2c(=O)n(C)c3ccccc32)o1. The molecule has 2 aromatic heterocycles. The Morgan fingerprint density at radius 3 is 2.53 bits per heavy atom. The van der Waals surface area contributed by atoms with Gasteiger partial charge in [0, 0.05) is 13.5 Å². The van der Waals surface area contributed by atoms with E-state index in [9.17, 15) is 4.79 Å². The summed E-state index contributed by atoms with van der Waals surface area (Å²) < 4.78 is 8.72. The van der Waals surface area contributed by atoms with Crippen molar-refractivity contribution < 1.29 is 4.42 Å². The normalized spacial score (nSPS) is 11.3. The van der Waals surface area contributed by atoms with E-state index in [-0.39, 0.29) is 5.69 Å². The van der Waals surface area contributed by atoms with Gasteiger partial charge in [0.05, 0.1) is 11.0 Å². The second-order valence-electron chi connectivity index (χ2n) is 4.36. The van der Waals surface area contributed by atoms with Crippen LogP contribution in [0.25, 0.3) is 11.0 Å². The molecule has 98 valence electrons. The summed E-state index contributed by atoms with van der Waals surface area (Å²) in [6.45, 7) is 2.24. The maximum absolute atomic E-state index is 12.2. The van der Waals surface area contributed by atoms with Crippen molar-refractivity contribution in [1.29, 1.82) is 0 Å². The summed E-state index contributed by atoms with van der Waals surface area (Å²) in [6.07, 6.45) is 0.692. The number of para-hydroxylation sites is 2. The highest BCUT2D eigenvalue weighted by Gasteiger charge is 2.13. The van der Waals surface area contributed by atoms with Gasteiger partial charge in [0.2, 0.25) is 11.8 Å². The van der Waals surface area contributed by atoms with E-state index >= 15 is 0 Å². The summed E-state index contributed by atoms with van der Waals surface area (Å²) in [4.78, 5) is 12.2. The van der Waals surface area contributed by atoms with Crippen LogP contribution >= 0.6 is 0 Å². The molecule has 2 heterocycles. The Morgan fingerprint density at radius 2 is 1.84 bits per heavy atom. The minimum Gasteiger partial charge on any atom is -0.423 e. The molecular formula is C13H14N4O2. The van der Waals surface area contributed by atoms with Crippen LogP contribution in [0.3, 0.4) is 0 Å². The van der Waals surface area contributed by atoms with Gasteiger partial charge in [-0.2, -0.15) is 0 Å². The molecular weight excluding hydrogens is 244 g/mol. The fourth-order valence-corrected chi connectivity index (χ4v) is 2.15. The Balaban J connectivity index is 2.10. The molecule has 0 aliphatic carbocycles. The largest absolute Gasteiger partial charge is 0.423 e. The molecule has 0 aliphatic rings. The molecule has 3 rings (SSSR count). The quantitative estimate of drug-likeness (QED) is 0.711. The maximum atomic E-state index is 12.2. The zero-order chi connectivity index (χ0) is 13.4. The highest BCUT2D eigenvalue weighted by molar-refractivity contribution is 5.75. The van der Waals surface area contributed by atoms with Gasteiger partial charge in [-0.05, 0) is 12.1 Å². The zero-order valence-corrected chi connectivity index (χ0v) is 10.8. The minimum absolute atomic E-state index is 0.0857. The Kier molecular flexibility index (Phi) is 2.70. The molecule has 0 atom stereocenters. The number of hydrogen-bond acceptors (Lipinski definition) is 4. The Hall–Kier alpha value is -2.37. The van der Waals surface area contributed by atoms with Crippen LogP contribution in [0.2, 0.25) is 0 Å². The van der Waals surface area contributed by atoms with Crippen LogP contribution < -0.4 is 5.69 Å². The molecule has 0 radical (unpaired) electrons. The molecule has 0 saturated carbocycles. The van der Waals surface area contributed by atoms with Gasteiger partial charge in [-0.25, -0.2) is 4.79 Å². The average Bonchev–Trinajstić information content (AvgIpc) is 2.99. The van der Waals surface area contributed by atoms with Gasteiger partial charge in [-0.1, -0.05) is 19.1 Å². The van der Waals surface area contributed by atoms with Crippen molar-refractivity contribution in [2.75, 3.05) is 0 Å². The first-order valence-corrected chi connectivity index (χ1v) is 6.16. The van der Waals surface area contributed by atoms with E-state index in [2.05, 4.69) is 10.2 Å². The number of fused-ring (bicyclic) bond motifs is 1. The molecule has 1 aromatic carbocycles. The zero-order valence-electron chi connectivity index (χ0n) is 10.8. The van der Waals surface area contributed by atoms with Crippen LogP contribution in [0.5, 0.6) is 0 Å². The van der Waals surface area contributed by atoms with Crippen molar-refractivity contribution in [2.45, 2.75) is 19.9 Å². The summed E-state index contributed by atoms with van der Waals surface area (Å²) >= 11 is 0. The van der Waals surface area contributed by atoms with Crippen LogP contribution in [-0.4, -0.2) is 19.3 Å².